The van der Waals surface area contributed by atoms with Crippen LogP contribution in [0.5, 0.6) is 0 Å². The summed E-state index contributed by atoms with van der Waals surface area (Å²) >= 11 is 1.43. The van der Waals surface area contributed by atoms with Gasteiger partial charge in [0.25, 0.3) is 5.91 Å². The van der Waals surface area contributed by atoms with E-state index in [1.54, 1.807) is 31.4 Å². The monoisotopic (exact) mass is 428 g/mol. The van der Waals surface area contributed by atoms with Crippen molar-refractivity contribution in [2.24, 2.45) is 11.8 Å². The molecule has 0 aliphatic carbocycles. The largest absolute Gasteiger partial charge is 0.348 e. The number of hydrogen-bond acceptors (Lipinski definition) is 7. The third kappa shape index (κ3) is 4.10. The Hall–Kier alpha value is -2.36. The minimum atomic E-state index is -0.0574. The highest BCUT2D eigenvalue weighted by Gasteiger charge is 2.40. The van der Waals surface area contributed by atoms with Gasteiger partial charge in [-0.2, -0.15) is 0 Å². The summed E-state index contributed by atoms with van der Waals surface area (Å²) < 4.78 is 0. The molecule has 2 aromatic rings. The zero-order valence-corrected chi connectivity index (χ0v) is 18.4. The van der Waals surface area contributed by atoms with Gasteiger partial charge in [-0.15, -0.1) is 11.3 Å². The number of carbonyl (C=O) groups excluding carboxylic acids is 2. The number of hydrazine groups is 1. The number of carbonyl (C=O) groups is 2. The number of nitrogens with zero attached hydrogens (tertiary/aromatic N) is 4. The van der Waals surface area contributed by atoms with E-state index in [0.29, 0.717) is 30.4 Å². The van der Waals surface area contributed by atoms with Gasteiger partial charge in [-0.05, 0) is 37.8 Å². The van der Waals surface area contributed by atoms with Crippen LogP contribution < -0.4 is 10.9 Å². The normalized spacial score (nSPS) is 22.3. The molecule has 2 amide bonds. The molecule has 2 fully saturated rings. The fourth-order valence-electron chi connectivity index (χ4n) is 4.35. The number of likely N-dealkylation sites (tertiary alicyclic amines) is 1. The van der Waals surface area contributed by atoms with Crippen LogP contribution in [0.2, 0.25) is 0 Å². The molecule has 2 N–H and O–H groups in total. The van der Waals surface area contributed by atoms with Crippen LogP contribution in [0.15, 0.2) is 24.5 Å². The second kappa shape index (κ2) is 8.79. The summed E-state index contributed by atoms with van der Waals surface area (Å²) in [7, 11) is 3.60. The first-order valence-corrected chi connectivity index (χ1v) is 11.1. The van der Waals surface area contributed by atoms with Crippen LogP contribution >= 0.6 is 11.3 Å². The van der Waals surface area contributed by atoms with Crippen molar-refractivity contribution in [3.05, 3.63) is 35.1 Å². The molecule has 4 rings (SSSR count). The molecule has 0 aromatic carbocycles. The van der Waals surface area contributed by atoms with Crippen molar-refractivity contribution < 1.29 is 9.59 Å². The second-order valence-electron chi connectivity index (χ2n) is 8.20. The Morgan fingerprint density at radius 3 is 2.70 bits per heavy atom. The van der Waals surface area contributed by atoms with Crippen molar-refractivity contribution in [1.82, 2.24) is 30.6 Å². The summed E-state index contributed by atoms with van der Waals surface area (Å²) in [5, 5.41) is 0.824. The first kappa shape index (κ1) is 20.9. The smallest absolute Gasteiger partial charge is 0.265 e. The molecule has 2 atom stereocenters. The number of rotatable bonds is 4. The van der Waals surface area contributed by atoms with Crippen LogP contribution in [0.4, 0.5) is 0 Å². The van der Waals surface area contributed by atoms with Crippen LogP contribution in [-0.4, -0.2) is 71.4 Å². The van der Waals surface area contributed by atoms with E-state index in [0.717, 1.165) is 29.1 Å². The van der Waals surface area contributed by atoms with Crippen molar-refractivity contribution in [2.45, 2.75) is 25.8 Å². The Labute approximate surface area is 180 Å². The molecule has 8 nitrogen and oxygen atoms in total. The molecule has 160 valence electrons. The summed E-state index contributed by atoms with van der Waals surface area (Å²) in [5.41, 5.74) is 8.15. The van der Waals surface area contributed by atoms with Gasteiger partial charge in [-0.1, -0.05) is 0 Å². The van der Waals surface area contributed by atoms with Crippen LogP contribution in [0.25, 0.3) is 10.6 Å². The van der Waals surface area contributed by atoms with Crippen molar-refractivity contribution in [3.63, 3.8) is 0 Å². The van der Waals surface area contributed by atoms with Crippen molar-refractivity contribution in [3.8, 4) is 10.6 Å². The van der Waals surface area contributed by atoms with E-state index in [1.165, 1.54) is 11.3 Å². The molecule has 0 spiro atoms. The van der Waals surface area contributed by atoms with Crippen LogP contribution in [0.1, 0.15) is 28.2 Å². The zero-order chi connectivity index (χ0) is 21.3. The average Bonchev–Trinajstić information content (AvgIpc) is 3.40. The van der Waals surface area contributed by atoms with Gasteiger partial charge in [0.2, 0.25) is 5.91 Å². The Balaban J connectivity index is 1.40. The lowest BCUT2D eigenvalue weighted by atomic mass is 9.82. The van der Waals surface area contributed by atoms with E-state index < -0.39 is 0 Å². The van der Waals surface area contributed by atoms with Gasteiger partial charge in [0.1, 0.15) is 9.88 Å². The molecule has 2 unspecified atom stereocenters. The summed E-state index contributed by atoms with van der Waals surface area (Å²) in [6, 6.07) is 3.94. The number of pyridine rings is 1. The van der Waals surface area contributed by atoms with Crippen molar-refractivity contribution >= 4 is 23.2 Å². The summed E-state index contributed by atoms with van der Waals surface area (Å²) in [6.45, 7) is 3.94. The SMILES string of the molecule is Cc1nc(-c2cccnc2)sc1C(=O)N1CCC(C2NNCC2C(=O)N(C)C)CC1. The number of nitrogens with one attached hydrogen (secondary N) is 2. The number of aromatic nitrogens is 2. The fraction of sp³-hybridized carbons (Fsp3) is 0.524. The van der Waals surface area contributed by atoms with Crippen molar-refractivity contribution in [2.75, 3.05) is 33.7 Å². The van der Waals surface area contributed by atoms with Crippen LogP contribution in [0.3, 0.4) is 0 Å². The maximum Gasteiger partial charge on any atom is 0.265 e. The van der Waals surface area contributed by atoms with Gasteiger partial charge in [0.05, 0.1) is 11.6 Å². The van der Waals surface area contributed by atoms with E-state index in [-0.39, 0.29) is 23.8 Å². The maximum atomic E-state index is 13.1. The standard InChI is InChI=1S/C21H28N6O2S/c1-13-18(30-19(24-13)15-5-4-8-22-11-15)21(29)27-9-6-14(7-10-27)17-16(12-23-25-17)20(28)26(2)3/h4-5,8,11,14,16-17,23,25H,6-7,9-10,12H2,1-3H3. The molecule has 4 heterocycles. The third-order valence-corrected chi connectivity index (χ3v) is 7.21. The Morgan fingerprint density at radius 1 is 1.27 bits per heavy atom. The maximum absolute atomic E-state index is 13.1. The predicted octanol–water partition coefficient (Wildman–Crippen LogP) is 1.55. The molecule has 2 aliphatic rings. The number of hydrogen-bond donors (Lipinski definition) is 2. The molecule has 0 saturated carbocycles. The number of piperidine rings is 1. The lowest BCUT2D eigenvalue weighted by Crippen LogP contribution is -2.48. The van der Waals surface area contributed by atoms with E-state index >= 15 is 0 Å². The fourth-order valence-corrected chi connectivity index (χ4v) is 5.37. The quantitative estimate of drug-likeness (QED) is 0.768. The van der Waals surface area contributed by atoms with E-state index in [4.69, 9.17) is 0 Å². The Kier molecular flexibility index (Phi) is 6.12. The third-order valence-electron chi connectivity index (χ3n) is 6.02. The summed E-state index contributed by atoms with van der Waals surface area (Å²) in [5.74, 6) is 0.515. The predicted molar refractivity (Wildman–Crippen MR) is 116 cm³/mol. The number of aryl methyl sites for hydroxylation is 1. The van der Waals surface area contributed by atoms with Gasteiger partial charge < -0.3 is 9.80 Å². The van der Waals surface area contributed by atoms with Gasteiger partial charge in [0.15, 0.2) is 0 Å². The number of thiazole rings is 1. The minimum absolute atomic E-state index is 0.0528. The lowest BCUT2D eigenvalue weighted by molar-refractivity contribution is -0.133. The van der Waals surface area contributed by atoms with E-state index in [1.807, 2.05) is 24.0 Å². The average molecular weight is 429 g/mol. The highest BCUT2D eigenvalue weighted by molar-refractivity contribution is 7.17. The topological polar surface area (TPSA) is 90.5 Å². The molecule has 2 aromatic heterocycles. The number of amides is 2. The zero-order valence-electron chi connectivity index (χ0n) is 17.6. The molecular formula is C21H28N6O2S. The summed E-state index contributed by atoms with van der Waals surface area (Å²) in [4.78, 5) is 38.7. The van der Waals surface area contributed by atoms with Gasteiger partial charge in [-0.25, -0.2) is 4.98 Å². The molecule has 30 heavy (non-hydrogen) atoms. The van der Waals surface area contributed by atoms with Crippen molar-refractivity contribution in [1.29, 1.82) is 0 Å². The first-order chi connectivity index (χ1) is 14.5. The van der Waals surface area contributed by atoms with Gasteiger partial charge in [0, 0.05) is 57.7 Å². The Morgan fingerprint density at radius 2 is 2.03 bits per heavy atom. The lowest BCUT2D eigenvalue weighted by Gasteiger charge is -2.36. The highest BCUT2D eigenvalue weighted by atomic mass is 32.1. The summed E-state index contributed by atoms with van der Waals surface area (Å²) in [6.07, 6.45) is 5.27. The molecule has 2 saturated heterocycles. The molecule has 2 aliphatic heterocycles. The minimum Gasteiger partial charge on any atom is -0.348 e. The molecule has 9 heteroatoms. The van der Waals surface area contributed by atoms with E-state index in [9.17, 15) is 9.59 Å². The second-order valence-corrected chi connectivity index (χ2v) is 9.19. The Bertz CT molecular complexity index is 907. The molecule has 0 bridgehead atoms. The molecular weight excluding hydrogens is 400 g/mol. The van der Waals surface area contributed by atoms with Gasteiger partial charge >= 0.3 is 0 Å². The van der Waals surface area contributed by atoms with Crippen LogP contribution in [-0.2, 0) is 4.79 Å². The first-order valence-electron chi connectivity index (χ1n) is 10.3. The molecule has 0 radical (unpaired) electrons. The van der Waals surface area contributed by atoms with E-state index in [2.05, 4.69) is 20.8 Å². The van der Waals surface area contributed by atoms with Crippen LogP contribution in [0, 0.1) is 18.8 Å². The highest BCUT2D eigenvalue weighted by Crippen LogP contribution is 2.31. The van der Waals surface area contributed by atoms with Gasteiger partial charge in [-0.3, -0.25) is 25.4 Å².